The molecule has 2 aromatic rings. The highest BCUT2D eigenvalue weighted by molar-refractivity contribution is 6.31. The molecule has 1 atom stereocenters. The first-order valence-corrected chi connectivity index (χ1v) is 10.6. The second kappa shape index (κ2) is 8.88. The summed E-state index contributed by atoms with van der Waals surface area (Å²) in [5.74, 6) is -0.853. The van der Waals surface area contributed by atoms with E-state index in [4.69, 9.17) is 16.3 Å². The predicted octanol–water partition coefficient (Wildman–Crippen LogP) is 5.09. The summed E-state index contributed by atoms with van der Waals surface area (Å²) in [5.41, 5.74) is 4.60. The highest BCUT2D eigenvalue weighted by Crippen LogP contribution is 2.44. The van der Waals surface area contributed by atoms with Crippen LogP contribution in [0.3, 0.4) is 0 Å². The summed E-state index contributed by atoms with van der Waals surface area (Å²) in [6.45, 7) is 2.13. The average Bonchev–Trinajstić information content (AvgIpc) is 2.74. The summed E-state index contributed by atoms with van der Waals surface area (Å²) in [7, 11) is 0. The molecule has 0 aromatic heterocycles. The Morgan fingerprint density at radius 1 is 1.10 bits per heavy atom. The van der Waals surface area contributed by atoms with E-state index in [0.29, 0.717) is 29.0 Å². The van der Waals surface area contributed by atoms with Crippen molar-refractivity contribution in [3.8, 4) is 0 Å². The van der Waals surface area contributed by atoms with Crippen LogP contribution in [0, 0.1) is 0 Å². The van der Waals surface area contributed by atoms with Crippen molar-refractivity contribution in [2.75, 3.05) is 6.61 Å². The van der Waals surface area contributed by atoms with Crippen LogP contribution in [0.1, 0.15) is 43.2 Å². The molecule has 1 heterocycles. The molecule has 1 N–H and O–H groups in total. The fourth-order valence-electron chi connectivity index (χ4n) is 4.26. The predicted molar refractivity (Wildman–Crippen MR) is 117 cm³/mol. The molecule has 0 radical (unpaired) electrons. The van der Waals surface area contributed by atoms with Crippen LogP contribution in [0.5, 0.6) is 0 Å². The zero-order valence-corrected chi connectivity index (χ0v) is 17.7. The molecule has 0 saturated carbocycles. The molecular weight excluding hydrogens is 398 g/mol. The summed E-state index contributed by atoms with van der Waals surface area (Å²) in [5, 5.41) is 3.84. The highest BCUT2D eigenvalue weighted by atomic mass is 35.5. The Morgan fingerprint density at radius 2 is 1.83 bits per heavy atom. The molecule has 5 heteroatoms. The van der Waals surface area contributed by atoms with Crippen LogP contribution < -0.4 is 5.32 Å². The maximum atomic E-state index is 13.2. The molecule has 1 aliphatic heterocycles. The molecular formula is C25H24ClNO3. The summed E-state index contributed by atoms with van der Waals surface area (Å²) >= 11 is 6.51. The Hall–Kier alpha value is -2.85. The lowest BCUT2D eigenvalue weighted by atomic mass is 9.75. The average molecular weight is 422 g/mol. The first kappa shape index (κ1) is 20.4. The molecule has 0 unspecified atom stereocenters. The zero-order valence-electron chi connectivity index (χ0n) is 16.9. The lowest BCUT2D eigenvalue weighted by molar-refractivity contribution is -0.139. The van der Waals surface area contributed by atoms with Crippen molar-refractivity contribution in [1.82, 2.24) is 5.32 Å². The molecule has 1 aliphatic carbocycles. The van der Waals surface area contributed by atoms with Gasteiger partial charge < -0.3 is 10.1 Å². The van der Waals surface area contributed by atoms with Gasteiger partial charge in [0.2, 0.25) is 0 Å². The van der Waals surface area contributed by atoms with Crippen molar-refractivity contribution in [3.63, 3.8) is 0 Å². The van der Waals surface area contributed by atoms with Crippen molar-refractivity contribution in [3.05, 3.63) is 93.3 Å². The molecule has 0 saturated heterocycles. The number of hydrogen-bond acceptors (Lipinski definition) is 4. The van der Waals surface area contributed by atoms with Gasteiger partial charge in [0.25, 0.3) is 0 Å². The normalized spacial score (nSPS) is 18.7. The molecule has 2 aromatic carbocycles. The van der Waals surface area contributed by atoms with Gasteiger partial charge in [-0.2, -0.15) is 0 Å². The van der Waals surface area contributed by atoms with Crippen molar-refractivity contribution in [2.24, 2.45) is 0 Å². The fraction of sp³-hybridized carbons (Fsp3) is 0.280. The molecule has 2 aliphatic rings. The van der Waals surface area contributed by atoms with Gasteiger partial charge in [0.05, 0.1) is 12.2 Å². The van der Waals surface area contributed by atoms with Gasteiger partial charge in [-0.3, -0.25) is 4.79 Å². The number of rotatable bonds is 5. The number of ether oxygens (including phenoxy) is 1. The van der Waals surface area contributed by atoms with Crippen LogP contribution in [0.15, 0.2) is 77.1 Å². The van der Waals surface area contributed by atoms with Gasteiger partial charge in [0.1, 0.15) is 0 Å². The highest BCUT2D eigenvalue weighted by Gasteiger charge is 2.39. The third-order valence-corrected chi connectivity index (χ3v) is 6.02. The first-order chi connectivity index (χ1) is 14.6. The smallest absolute Gasteiger partial charge is 0.336 e. The topological polar surface area (TPSA) is 55.4 Å². The van der Waals surface area contributed by atoms with Gasteiger partial charge in [-0.05, 0) is 37.0 Å². The number of allylic oxidation sites excluding steroid dienone is 3. The molecule has 30 heavy (non-hydrogen) atoms. The minimum Gasteiger partial charge on any atom is -0.462 e. The summed E-state index contributed by atoms with van der Waals surface area (Å²) in [6.07, 6.45) is 2.71. The van der Waals surface area contributed by atoms with Crippen LogP contribution in [0.25, 0.3) is 0 Å². The fourth-order valence-corrected chi connectivity index (χ4v) is 4.50. The van der Waals surface area contributed by atoms with Crippen LogP contribution in [0.4, 0.5) is 0 Å². The standard InChI is InChI=1S/C25H24ClNO3/c1-16-22(25(29)30-15-14-17-8-3-2-4-9-17)23(18-10-5-6-11-19(18)26)24-20(27-16)12-7-13-21(24)28/h2-6,8-11,23,27H,7,12-15H2,1H3/t23-/m1/s1. The lowest BCUT2D eigenvalue weighted by Gasteiger charge is -2.34. The van der Waals surface area contributed by atoms with Crippen LogP contribution >= 0.6 is 11.6 Å². The summed E-state index contributed by atoms with van der Waals surface area (Å²) in [6, 6.07) is 17.3. The number of dihydropyridines is 1. The van der Waals surface area contributed by atoms with Gasteiger partial charge in [0, 0.05) is 40.7 Å². The van der Waals surface area contributed by atoms with Crippen molar-refractivity contribution >= 4 is 23.4 Å². The van der Waals surface area contributed by atoms with E-state index in [-0.39, 0.29) is 12.4 Å². The number of esters is 1. The molecule has 4 rings (SSSR count). The Morgan fingerprint density at radius 3 is 2.60 bits per heavy atom. The number of benzene rings is 2. The number of halogens is 1. The van der Waals surface area contributed by atoms with Crippen LogP contribution in [0.2, 0.25) is 5.02 Å². The molecule has 0 bridgehead atoms. The van der Waals surface area contributed by atoms with Gasteiger partial charge in [-0.15, -0.1) is 0 Å². The van der Waals surface area contributed by atoms with E-state index < -0.39 is 11.9 Å². The number of carbonyl (C=O) groups excluding carboxylic acids is 2. The van der Waals surface area contributed by atoms with E-state index in [1.54, 1.807) is 6.07 Å². The van der Waals surface area contributed by atoms with Crippen molar-refractivity contribution < 1.29 is 14.3 Å². The van der Waals surface area contributed by atoms with Crippen molar-refractivity contribution in [2.45, 2.75) is 38.5 Å². The van der Waals surface area contributed by atoms with E-state index in [0.717, 1.165) is 35.4 Å². The Labute approximate surface area is 181 Å². The Balaban J connectivity index is 1.65. The molecule has 154 valence electrons. The monoisotopic (exact) mass is 421 g/mol. The SMILES string of the molecule is CC1=C(C(=O)OCCc2ccccc2)[C@@H](c2ccccc2Cl)C2=C(CCCC2=O)N1. The molecule has 0 fully saturated rings. The Bertz CT molecular complexity index is 1040. The third-order valence-electron chi connectivity index (χ3n) is 5.68. The van der Waals surface area contributed by atoms with Gasteiger partial charge >= 0.3 is 5.97 Å². The van der Waals surface area contributed by atoms with E-state index in [1.807, 2.05) is 55.5 Å². The van der Waals surface area contributed by atoms with E-state index >= 15 is 0 Å². The lowest BCUT2D eigenvalue weighted by Crippen LogP contribution is -2.34. The maximum absolute atomic E-state index is 13.2. The largest absolute Gasteiger partial charge is 0.462 e. The van der Waals surface area contributed by atoms with Crippen LogP contribution in [-0.2, 0) is 20.7 Å². The second-order valence-electron chi connectivity index (χ2n) is 7.66. The minimum absolute atomic E-state index is 0.0655. The molecule has 4 nitrogen and oxygen atoms in total. The second-order valence-corrected chi connectivity index (χ2v) is 8.07. The van der Waals surface area contributed by atoms with E-state index in [9.17, 15) is 9.59 Å². The maximum Gasteiger partial charge on any atom is 0.336 e. The Kier molecular flexibility index (Phi) is 6.05. The van der Waals surface area contributed by atoms with Gasteiger partial charge in [-0.1, -0.05) is 60.1 Å². The van der Waals surface area contributed by atoms with Crippen LogP contribution in [-0.4, -0.2) is 18.4 Å². The van der Waals surface area contributed by atoms with Gasteiger partial charge in [-0.25, -0.2) is 4.79 Å². The zero-order chi connectivity index (χ0) is 21.1. The summed E-state index contributed by atoms with van der Waals surface area (Å²) in [4.78, 5) is 26.1. The van der Waals surface area contributed by atoms with Crippen molar-refractivity contribution in [1.29, 1.82) is 0 Å². The quantitative estimate of drug-likeness (QED) is 0.683. The van der Waals surface area contributed by atoms with E-state index in [1.165, 1.54) is 0 Å². The number of ketones is 1. The number of Topliss-reactive ketones (excluding diaryl/α,β-unsaturated/α-hetero) is 1. The first-order valence-electron chi connectivity index (χ1n) is 10.3. The molecule has 0 amide bonds. The van der Waals surface area contributed by atoms with E-state index in [2.05, 4.69) is 5.32 Å². The summed E-state index contributed by atoms with van der Waals surface area (Å²) < 4.78 is 5.65. The number of hydrogen-bond donors (Lipinski definition) is 1. The number of carbonyl (C=O) groups is 2. The van der Waals surface area contributed by atoms with Gasteiger partial charge in [0.15, 0.2) is 5.78 Å². The molecule has 0 spiro atoms. The number of nitrogens with one attached hydrogen (secondary N) is 1. The minimum atomic E-state index is -0.507. The third kappa shape index (κ3) is 4.05.